The zero-order chi connectivity index (χ0) is 15.0. The fraction of sp³-hybridized carbons (Fsp3) is 0.250. The van der Waals surface area contributed by atoms with Gasteiger partial charge in [0.1, 0.15) is 16.0 Å². The van der Waals surface area contributed by atoms with Crippen molar-refractivity contribution >= 4 is 33.1 Å². The Bertz CT molecular complexity index is 809. The number of carbonyl (C=O) groups is 1. The van der Waals surface area contributed by atoms with Gasteiger partial charge in [0.05, 0.1) is 17.9 Å². The molecular weight excluding hydrogens is 290 g/mol. The van der Waals surface area contributed by atoms with E-state index < -0.39 is 0 Å². The second-order valence-corrected chi connectivity index (χ2v) is 5.59. The summed E-state index contributed by atoms with van der Waals surface area (Å²) in [6, 6.07) is 1.47. The van der Waals surface area contributed by atoms with Gasteiger partial charge in [-0.25, -0.2) is 0 Å². The maximum atomic E-state index is 12.4. The third kappa shape index (κ3) is 2.31. The predicted molar refractivity (Wildman–Crippen MR) is 78.7 cm³/mol. The molecule has 3 aromatic heterocycles. The van der Waals surface area contributed by atoms with Crippen LogP contribution in [-0.4, -0.2) is 30.9 Å². The molecule has 3 N–H and O–H groups in total. The van der Waals surface area contributed by atoms with Gasteiger partial charge in [-0.2, -0.15) is 5.10 Å². The second kappa shape index (κ2) is 5.09. The Balaban J connectivity index is 1.87. The minimum Gasteiger partial charge on any atom is -0.397 e. The first-order valence-electron chi connectivity index (χ1n) is 6.22. The number of thiophene rings is 1. The number of carbonyl (C=O) groups excluding carboxylic acids is 1. The summed E-state index contributed by atoms with van der Waals surface area (Å²) in [7, 11) is 1.82. The van der Waals surface area contributed by atoms with E-state index in [-0.39, 0.29) is 11.9 Å². The third-order valence-corrected chi connectivity index (χ3v) is 4.21. The first kappa shape index (κ1) is 13.4. The molecule has 3 aromatic rings. The Morgan fingerprint density at radius 2 is 2.24 bits per heavy atom. The van der Waals surface area contributed by atoms with E-state index in [9.17, 15) is 4.79 Å². The molecule has 3 rings (SSSR count). The Labute approximate surface area is 124 Å². The number of nitrogens with zero attached hydrogens (tertiary/aromatic N) is 5. The number of nitrogens with two attached hydrogens (primary N) is 1. The molecule has 1 amide bonds. The zero-order valence-corrected chi connectivity index (χ0v) is 12.3. The summed E-state index contributed by atoms with van der Waals surface area (Å²) in [5.74, 6) is 0.411. The van der Waals surface area contributed by atoms with Crippen LogP contribution < -0.4 is 11.1 Å². The summed E-state index contributed by atoms with van der Waals surface area (Å²) in [6.45, 7) is 1.84. The van der Waals surface area contributed by atoms with Crippen molar-refractivity contribution in [3.63, 3.8) is 0 Å². The third-order valence-electron chi connectivity index (χ3n) is 3.11. The van der Waals surface area contributed by atoms with E-state index in [1.54, 1.807) is 23.2 Å². The van der Waals surface area contributed by atoms with Gasteiger partial charge in [0.25, 0.3) is 5.91 Å². The highest BCUT2D eigenvalue weighted by Gasteiger charge is 2.20. The number of fused-ring (bicyclic) bond motifs is 1. The molecule has 1 unspecified atom stereocenters. The summed E-state index contributed by atoms with van der Waals surface area (Å²) >= 11 is 1.22. The topological polar surface area (TPSA) is 112 Å². The molecule has 0 aliphatic rings. The maximum Gasteiger partial charge on any atom is 0.264 e. The lowest BCUT2D eigenvalue weighted by Gasteiger charge is -2.12. The van der Waals surface area contributed by atoms with E-state index in [4.69, 9.17) is 5.73 Å². The molecule has 0 aliphatic heterocycles. The molecule has 108 valence electrons. The van der Waals surface area contributed by atoms with Crippen LogP contribution >= 0.6 is 11.3 Å². The van der Waals surface area contributed by atoms with Crippen LogP contribution in [0.2, 0.25) is 0 Å². The summed E-state index contributed by atoms with van der Waals surface area (Å²) in [5.41, 5.74) is 6.44. The number of aryl methyl sites for hydroxylation is 1. The summed E-state index contributed by atoms with van der Waals surface area (Å²) in [4.78, 5) is 13.4. The Morgan fingerprint density at radius 1 is 1.43 bits per heavy atom. The van der Waals surface area contributed by atoms with Gasteiger partial charge >= 0.3 is 0 Å². The van der Waals surface area contributed by atoms with Crippen molar-refractivity contribution in [1.29, 1.82) is 0 Å². The molecule has 0 fully saturated rings. The highest BCUT2D eigenvalue weighted by atomic mass is 32.1. The molecule has 0 aromatic carbocycles. The van der Waals surface area contributed by atoms with Gasteiger partial charge in [0.15, 0.2) is 5.82 Å². The number of hydrogen-bond donors (Lipinski definition) is 2. The summed E-state index contributed by atoms with van der Waals surface area (Å²) in [5, 5.41) is 19.1. The Morgan fingerprint density at radius 3 is 2.90 bits per heavy atom. The van der Waals surface area contributed by atoms with Crippen LogP contribution in [0.1, 0.15) is 28.5 Å². The number of nitrogen functional groups attached to an aromatic ring is 1. The van der Waals surface area contributed by atoms with Gasteiger partial charge < -0.3 is 15.6 Å². The van der Waals surface area contributed by atoms with Crippen LogP contribution in [0.5, 0.6) is 0 Å². The first-order chi connectivity index (χ1) is 10.1. The van der Waals surface area contributed by atoms with Crippen molar-refractivity contribution in [2.45, 2.75) is 13.0 Å². The largest absolute Gasteiger partial charge is 0.397 e. The van der Waals surface area contributed by atoms with E-state index in [2.05, 4.69) is 25.7 Å². The highest BCUT2D eigenvalue weighted by molar-refractivity contribution is 7.21. The first-order valence-corrected chi connectivity index (χ1v) is 7.04. The van der Waals surface area contributed by atoms with Crippen LogP contribution in [0.4, 0.5) is 5.69 Å². The molecule has 0 saturated heterocycles. The fourth-order valence-corrected chi connectivity index (χ4v) is 2.99. The van der Waals surface area contributed by atoms with Gasteiger partial charge in [0, 0.05) is 12.4 Å². The number of aromatic nitrogens is 5. The molecule has 21 heavy (non-hydrogen) atoms. The zero-order valence-electron chi connectivity index (χ0n) is 11.4. The lowest BCUT2D eigenvalue weighted by molar-refractivity contribution is 0.0943. The average Bonchev–Trinajstić information content (AvgIpc) is 3.03. The van der Waals surface area contributed by atoms with Gasteiger partial charge in [-0.3, -0.25) is 4.79 Å². The van der Waals surface area contributed by atoms with E-state index in [0.717, 1.165) is 5.39 Å². The van der Waals surface area contributed by atoms with Crippen LogP contribution in [0.3, 0.4) is 0 Å². The number of rotatable bonds is 3. The fourth-order valence-electron chi connectivity index (χ4n) is 2.05. The van der Waals surface area contributed by atoms with Crippen molar-refractivity contribution in [3.8, 4) is 0 Å². The lowest BCUT2D eigenvalue weighted by Crippen LogP contribution is -2.28. The predicted octanol–water partition coefficient (Wildman–Crippen LogP) is 0.893. The SMILES string of the molecule is CC(NC(=O)c1sc2nnccc2c1N)c1nncn1C. The molecule has 0 aliphatic carbocycles. The maximum absolute atomic E-state index is 12.4. The van der Waals surface area contributed by atoms with Crippen LogP contribution in [0, 0.1) is 0 Å². The van der Waals surface area contributed by atoms with Gasteiger partial charge in [-0.1, -0.05) is 0 Å². The number of anilines is 1. The van der Waals surface area contributed by atoms with Crippen molar-refractivity contribution < 1.29 is 4.79 Å². The summed E-state index contributed by atoms with van der Waals surface area (Å²) < 4.78 is 1.75. The minimum atomic E-state index is -0.277. The molecule has 9 heteroatoms. The Kier molecular flexibility index (Phi) is 3.26. The number of hydrogen-bond acceptors (Lipinski definition) is 7. The van der Waals surface area contributed by atoms with Crippen molar-refractivity contribution in [2.24, 2.45) is 7.05 Å². The summed E-state index contributed by atoms with van der Waals surface area (Å²) in [6.07, 6.45) is 3.14. The molecule has 1 atom stereocenters. The van der Waals surface area contributed by atoms with Gasteiger partial charge in [-0.05, 0) is 13.0 Å². The highest BCUT2D eigenvalue weighted by Crippen LogP contribution is 2.31. The smallest absolute Gasteiger partial charge is 0.264 e. The van der Waals surface area contributed by atoms with E-state index >= 15 is 0 Å². The minimum absolute atomic E-state index is 0.258. The monoisotopic (exact) mass is 303 g/mol. The number of amides is 1. The van der Waals surface area contributed by atoms with Gasteiger partial charge in [0.2, 0.25) is 0 Å². The number of nitrogens with one attached hydrogen (secondary N) is 1. The van der Waals surface area contributed by atoms with Crippen LogP contribution in [0.15, 0.2) is 18.6 Å². The van der Waals surface area contributed by atoms with E-state index in [1.165, 1.54) is 11.3 Å². The van der Waals surface area contributed by atoms with Crippen LogP contribution in [0.25, 0.3) is 10.2 Å². The van der Waals surface area contributed by atoms with Crippen LogP contribution in [-0.2, 0) is 7.05 Å². The van der Waals surface area contributed by atoms with E-state index in [0.29, 0.717) is 21.2 Å². The molecule has 8 nitrogen and oxygen atoms in total. The van der Waals surface area contributed by atoms with Gasteiger partial charge in [-0.15, -0.1) is 26.6 Å². The average molecular weight is 303 g/mol. The molecule has 0 bridgehead atoms. The lowest BCUT2D eigenvalue weighted by atomic mass is 10.2. The van der Waals surface area contributed by atoms with Crippen molar-refractivity contribution in [1.82, 2.24) is 30.3 Å². The normalized spacial score (nSPS) is 12.5. The molecule has 0 saturated carbocycles. The molecule has 3 heterocycles. The second-order valence-electron chi connectivity index (χ2n) is 4.59. The van der Waals surface area contributed by atoms with E-state index in [1.807, 2.05) is 14.0 Å². The molecule has 0 radical (unpaired) electrons. The Hall–Kier alpha value is -2.55. The standard InChI is InChI=1S/C12H13N7OS/c1-6(10-17-15-5-19(10)2)16-11(20)9-8(13)7-3-4-14-18-12(7)21-9/h3-6H,13H2,1-2H3,(H,16,20). The molecule has 0 spiro atoms. The quantitative estimate of drug-likeness (QED) is 0.743. The van der Waals surface area contributed by atoms with Crippen molar-refractivity contribution in [3.05, 3.63) is 29.3 Å². The molecular formula is C12H13N7OS. The van der Waals surface area contributed by atoms with Crippen molar-refractivity contribution in [2.75, 3.05) is 5.73 Å².